The molecule has 0 unspecified atom stereocenters. The maximum atomic E-state index is 10.3. The van der Waals surface area contributed by atoms with E-state index in [4.69, 9.17) is 4.74 Å². The predicted octanol–water partition coefficient (Wildman–Crippen LogP) is 2.02. The van der Waals surface area contributed by atoms with Crippen molar-refractivity contribution in [1.82, 2.24) is 4.90 Å². The van der Waals surface area contributed by atoms with Gasteiger partial charge in [0.2, 0.25) is 0 Å². The van der Waals surface area contributed by atoms with Crippen molar-refractivity contribution in [2.75, 3.05) is 38.7 Å². The van der Waals surface area contributed by atoms with Crippen LogP contribution in [0.15, 0.2) is 0 Å². The number of nitrogens with zero attached hydrogens (tertiary/aromatic N) is 1. The molecule has 1 rings (SSSR count). The van der Waals surface area contributed by atoms with Crippen LogP contribution in [0, 0.1) is 0 Å². The normalized spacial score (nSPS) is 20.2. The topological polar surface area (TPSA) is 32.7 Å². The molecule has 1 saturated heterocycles. The molecule has 0 saturated carbocycles. The molecule has 0 aliphatic carbocycles. The first-order chi connectivity index (χ1) is 7.66. The van der Waals surface area contributed by atoms with Crippen molar-refractivity contribution in [3.8, 4) is 0 Å². The minimum Gasteiger partial charge on any atom is -0.388 e. The van der Waals surface area contributed by atoms with Crippen LogP contribution in [0.2, 0.25) is 0 Å². The van der Waals surface area contributed by atoms with Gasteiger partial charge in [-0.3, -0.25) is 0 Å². The molecule has 0 radical (unpaired) electrons. The highest BCUT2D eigenvalue weighted by Gasteiger charge is 2.30. The zero-order valence-corrected chi connectivity index (χ0v) is 11.8. The molecule has 0 bridgehead atoms. The van der Waals surface area contributed by atoms with Crippen molar-refractivity contribution in [1.29, 1.82) is 0 Å². The first kappa shape index (κ1) is 14.4. The fourth-order valence-corrected chi connectivity index (χ4v) is 2.54. The molecule has 0 aromatic carbocycles. The van der Waals surface area contributed by atoms with Crippen molar-refractivity contribution >= 4 is 15.9 Å². The van der Waals surface area contributed by atoms with Crippen LogP contribution >= 0.6 is 15.9 Å². The molecule has 1 aliphatic heterocycles. The van der Waals surface area contributed by atoms with Crippen LogP contribution in [-0.4, -0.2) is 54.3 Å². The molecule has 0 spiro atoms. The molecule has 0 aromatic heterocycles. The summed E-state index contributed by atoms with van der Waals surface area (Å²) < 4.78 is 5.28. The molecule has 1 N–H and O–H groups in total. The van der Waals surface area contributed by atoms with Crippen molar-refractivity contribution < 1.29 is 9.84 Å². The fraction of sp³-hybridized carbons (Fsp3) is 1.00. The lowest BCUT2D eigenvalue weighted by Gasteiger charge is -2.35. The second-order valence-electron chi connectivity index (χ2n) is 4.82. The van der Waals surface area contributed by atoms with Gasteiger partial charge in [0.25, 0.3) is 0 Å². The van der Waals surface area contributed by atoms with Crippen LogP contribution in [0.4, 0.5) is 0 Å². The average Bonchev–Trinajstić information content (AvgIpc) is 2.25. The number of hydrogen-bond donors (Lipinski definition) is 1. The summed E-state index contributed by atoms with van der Waals surface area (Å²) in [5.74, 6) is 0. The lowest BCUT2D eigenvalue weighted by molar-refractivity contribution is -0.0769. The number of ether oxygens (including phenoxy) is 1. The largest absolute Gasteiger partial charge is 0.388 e. The molecular formula is C12H24BrNO2. The van der Waals surface area contributed by atoms with Crippen LogP contribution in [0.1, 0.15) is 32.1 Å². The van der Waals surface area contributed by atoms with Gasteiger partial charge in [-0.2, -0.15) is 0 Å². The van der Waals surface area contributed by atoms with E-state index >= 15 is 0 Å². The molecule has 1 aliphatic rings. The Morgan fingerprint density at radius 3 is 2.56 bits per heavy atom. The van der Waals surface area contributed by atoms with Crippen molar-refractivity contribution in [2.24, 2.45) is 0 Å². The predicted molar refractivity (Wildman–Crippen MR) is 70.1 cm³/mol. The molecule has 16 heavy (non-hydrogen) atoms. The first-order valence-electron chi connectivity index (χ1n) is 6.21. The third kappa shape index (κ3) is 5.62. The molecular weight excluding hydrogens is 270 g/mol. The molecule has 3 nitrogen and oxygen atoms in total. The Kier molecular flexibility index (Phi) is 6.89. The standard InChI is InChI=1S/C12H24BrNO2/c1-14(8-4-2-3-7-13)11-12(15)5-9-16-10-6-12/h15H,2-11H2,1H3. The summed E-state index contributed by atoms with van der Waals surface area (Å²) in [5, 5.41) is 11.4. The number of unbranched alkanes of at least 4 members (excludes halogenated alkanes) is 2. The maximum Gasteiger partial charge on any atom is 0.0817 e. The molecule has 96 valence electrons. The van der Waals surface area contributed by atoms with Gasteiger partial charge in [-0.25, -0.2) is 0 Å². The number of hydrogen-bond acceptors (Lipinski definition) is 3. The smallest absolute Gasteiger partial charge is 0.0817 e. The highest BCUT2D eigenvalue weighted by atomic mass is 79.9. The number of aliphatic hydroxyl groups is 1. The number of alkyl halides is 1. The maximum absolute atomic E-state index is 10.3. The van der Waals surface area contributed by atoms with Crippen molar-refractivity contribution in [2.45, 2.75) is 37.7 Å². The monoisotopic (exact) mass is 293 g/mol. The van der Waals surface area contributed by atoms with Crippen LogP contribution < -0.4 is 0 Å². The number of rotatable bonds is 7. The molecule has 0 aromatic rings. The van der Waals surface area contributed by atoms with E-state index in [1.807, 2.05) is 0 Å². The summed E-state index contributed by atoms with van der Waals surface area (Å²) in [5.41, 5.74) is -0.511. The van der Waals surface area contributed by atoms with Crippen LogP contribution in [0.5, 0.6) is 0 Å². The Balaban J connectivity index is 2.14. The van der Waals surface area contributed by atoms with E-state index < -0.39 is 5.60 Å². The molecule has 0 atom stereocenters. The van der Waals surface area contributed by atoms with Gasteiger partial charge < -0.3 is 14.7 Å². The van der Waals surface area contributed by atoms with Crippen LogP contribution in [0.3, 0.4) is 0 Å². The van der Waals surface area contributed by atoms with Gasteiger partial charge in [0.15, 0.2) is 0 Å². The van der Waals surface area contributed by atoms with E-state index in [0.29, 0.717) is 13.2 Å². The van der Waals surface area contributed by atoms with Crippen LogP contribution in [0.25, 0.3) is 0 Å². The highest BCUT2D eigenvalue weighted by Crippen LogP contribution is 2.21. The molecule has 0 amide bonds. The summed E-state index contributed by atoms with van der Waals surface area (Å²) >= 11 is 3.44. The third-order valence-electron chi connectivity index (χ3n) is 3.16. The van der Waals surface area contributed by atoms with Gasteiger partial charge in [-0.15, -0.1) is 0 Å². The second kappa shape index (κ2) is 7.64. The van der Waals surface area contributed by atoms with Gasteiger partial charge in [0, 0.05) is 37.9 Å². The summed E-state index contributed by atoms with van der Waals surface area (Å²) in [4.78, 5) is 2.25. The van der Waals surface area contributed by atoms with Gasteiger partial charge >= 0.3 is 0 Å². The summed E-state index contributed by atoms with van der Waals surface area (Å²) in [7, 11) is 2.10. The van der Waals surface area contributed by atoms with E-state index in [0.717, 1.165) is 31.3 Å². The molecule has 1 fully saturated rings. The first-order valence-corrected chi connectivity index (χ1v) is 7.33. The Morgan fingerprint density at radius 1 is 1.25 bits per heavy atom. The Bertz CT molecular complexity index is 184. The van der Waals surface area contributed by atoms with Crippen molar-refractivity contribution in [3.63, 3.8) is 0 Å². The minimum absolute atomic E-state index is 0.511. The van der Waals surface area contributed by atoms with Crippen LogP contribution in [-0.2, 0) is 4.74 Å². The highest BCUT2D eigenvalue weighted by molar-refractivity contribution is 9.09. The summed E-state index contributed by atoms with van der Waals surface area (Å²) in [6.45, 7) is 3.27. The minimum atomic E-state index is -0.511. The van der Waals surface area contributed by atoms with E-state index in [1.54, 1.807) is 0 Å². The zero-order chi connectivity index (χ0) is 11.9. The van der Waals surface area contributed by atoms with E-state index in [1.165, 1.54) is 19.3 Å². The van der Waals surface area contributed by atoms with E-state index in [9.17, 15) is 5.11 Å². The van der Waals surface area contributed by atoms with Gasteiger partial charge in [0.05, 0.1) is 5.60 Å². The number of halogens is 1. The van der Waals surface area contributed by atoms with E-state index in [2.05, 4.69) is 27.9 Å². The quantitative estimate of drug-likeness (QED) is 0.576. The second-order valence-corrected chi connectivity index (χ2v) is 5.62. The summed E-state index contributed by atoms with van der Waals surface area (Å²) in [6, 6.07) is 0. The lowest BCUT2D eigenvalue weighted by Crippen LogP contribution is -2.45. The Morgan fingerprint density at radius 2 is 1.94 bits per heavy atom. The number of likely N-dealkylation sites (N-methyl/N-ethyl adjacent to an activating group) is 1. The van der Waals surface area contributed by atoms with Gasteiger partial charge in [0.1, 0.15) is 0 Å². The summed E-state index contributed by atoms with van der Waals surface area (Å²) in [6.07, 6.45) is 5.27. The lowest BCUT2D eigenvalue weighted by atomic mass is 9.94. The van der Waals surface area contributed by atoms with Gasteiger partial charge in [-0.05, 0) is 26.4 Å². The zero-order valence-electron chi connectivity index (χ0n) is 10.3. The third-order valence-corrected chi connectivity index (χ3v) is 3.72. The van der Waals surface area contributed by atoms with Crippen molar-refractivity contribution in [3.05, 3.63) is 0 Å². The van der Waals surface area contributed by atoms with E-state index in [-0.39, 0.29) is 0 Å². The SMILES string of the molecule is CN(CCCCCBr)CC1(O)CCOCC1. The average molecular weight is 294 g/mol. The molecule has 4 heteroatoms. The fourth-order valence-electron chi connectivity index (χ4n) is 2.14. The molecule has 1 heterocycles. The Labute approximate surface area is 107 Å². The Hall–Kier alpha value is 0.360. The van der Waals surface area contributed by atoms with Gasteiger partial charge in [-0.1, -0.05) is 22.4 Å².